The van der Waals surface area contributed by atoms with Gasteiger partial charge in [-0.05, 0) is 98.4 Å². The average molecular weight is 561 g/mol. The summed E-state index contributed by atoms with van der Waals surface area (Å²) < 4.78 is 8.02. The van der Waals surface area contributed by atoms with Gasteiger partial charge in [0.15, 0.2) is 5.11 Å². The number of ether oxygens (including phenoxy) is 1. The van der Waals surface area contributed by atoms with Gasteiger partial charge in [0.1, 0.15) is 11.5 Å². The third-order valence-electron chi connectivity index (χ3n) is 7.36. The Morgan fingerprint density at radius 2 is 1.59 bits per heavy atom. The van der Waals surface area contributed by atoms with E-state index in [4.69, 9.17) is 17.0 Å². The van der Waals surface area contributed by atoms with Crippen molar-refractivity contribution in [1.29, 1.82) is 0 Å². The number of carbonyl (C=O) groups is 1. The Morgan fingerprint density at radius 1 is 0.902 bits per heavy atom. The fourth-order valence-corrected chi connectivity index (χ4v) is 5.90. The Labute approximate surface area is 243 Å². The van der Waals surface area contributed by atoms with Crippen molar-refractivity contribution in [2.45, 2.75) is 25.9 Å². The van der Waals surface area contributed by atoms with Crippen molar-refractivity contribution in [1.82, 2.24) is 14.9 Å². The van der Waals surface area contributed by atoms with E-state index in [-0.39, 0.29) is 17.6 Å². The van der Waals surface area contributed by atoms with Gasteiger partial charge in [-0.1, -0.05) is 36.4 Å². The van der Waals surface area contributed by atoms with Crippen LogP contribution < -0.4 is 15.0 Å². The summed E-state index contributed by atoms with van der Waals surface area (Å²) in [4.78, 5) is 18.8. The van der Waals surface area contributed by atoms with Gasteiger partial charge >= 0.3 is 5.97 Å². The van der Waals surface area contributed by atoms with Crippen molar-refractivity contribution in [3.63, 3.8) is 0 Å². The highest BCUT2D eigenvalue weighted by molar-refractivity contribution is 7.80. The number of pyridine rings is 1. The van der Waals surface area contributed by atoms with Crippen LogP contribution in [0.3, 0.4) is 0 Å². The highest BCUT2D eigenvalue weighted by atomic mass is 32.1. The molecule has 1 aliphatic heterocycles. The van der Waals surface area contributed by atoms with Gasteiger partial charge in [-0.2, -0.15) is 0 Å². The molecular formula is C33H28N4O3S. The molecule has 0 bridgehead atoms. The van der Waals surface area contributed by atoms with Crippen LogP contribution in [0.4, 0.5) is 5.69 Å². The van der Waals surface area contributed by atoms with Gasteiger partial charge in [0.25, 0.3) is 0 Å². The maximum Gasteiger partial charge on any atom is 0.337 e. The summed E-state index contributed by atoms with van der Waals surface area (Å²) in [5.41, 5.74) is 5.52. The molecule has 0 amide bonds. The Morgan fingerprint density at radius 3 is 2.29 bits per heavy atom. The van der Waals surface area contributed by atoms with E-state index in [0.717, 1.165) is 39.8 Å². The SMILES string of the molecule is Cc1cc([C@H]2[C@@H](c3ccccn3)NC(=S)N2c2ccc(Oc3ccccc3)cc2)c(C)n1-c1ccccc1C(=O)O. The van der Waals surface area contributed by atoms with Gasteiger partial charge in [0, 0.05) is 23.3 Å². The van der Waals surface area contributed by atoms with E-state index < -0.39 is 5.97 Å². The second-order valence-corrected chi connectivity index (χ2v) is 10.3. The number of aromatic carboxylic acids is 1. The minimum Gasteiger partial charge on any atom is -0.478 e. The lowest BCUT2D eigenvalue weighted by molar-refractivity contribution is 0.0697. The summed E-state index contributed by atoms with van der Waals surface area (Å²) in [6, 6.07) is 32.1. The number of nitrogens with one attached hydrogen (secondary N) is 1. The lowest BCUT2D eigenvalue weighted by atomic mass is 9.96. The first-order valence-electron chi connectivity index (χ1n) is 13.3. The van der Waals surface area contributed by atoms with E-state index in [9.17, 15) is 9.90 Å². The smallest absolute Gasteiger partial charge is 0.337 e. The predicted octanol–water partition coefficient (Wildman–Crippen LogP) is 7.16. The number of carboxylic acid groups (broad SMARTS) is 1. The van der Waals surface area contributed by atoms with E-state index in [2.05, 4.69) is 21.3 Å². The van der Waals surface area contributed by atoms with Crippen LogP contribution in [0.15, 0.2) is 109 Å². The summed E-state index contributed by atoms with van der Waals surface area (Å²) >= 11 is 5.92. The average Bonchev–Trinajstić information content (AvgIpc) is 3.49. The van der Waals surface area contributed by atoms with Crippen molar-refractivity contribution >= 4 is 29.0 Å². The minimum absolute atomic E-state index is 0.229. The van der Waals surface area contributed by atoms with Crippen LogP contribution in [0, 0.1) is 13.8 Å². The molecule has 2 atom stereocenters. The number of para-hydroxylation sites is 2. The highest BCUT2D eigenvalue weighted by Crippen LogP contribution is 2.44. The number of hydrogen-bond acceptors (Lipinski definition) is 4. The molecule has 0 saturated carbocycles. The van der Waals surface area contributed by atoms with Gasteiger partial charge in [-0.3, -0.25) is 4.98 Å². The molecule has 3 heterocycles. The molecule has 3 aromatic carbocycles. The van der Waals surface area contributed by atoms with Gasteiger partial charge in [0.2, 0.25) is 0 Å². The van der Waals surface area contributed by atoms with E-state index in [1.807, 2.05) is 103 Å². The van der Waals surface area contributed by atoms with Crippen molar-refractivity contribution in [3.05, 3.63) is 138 Å². The minimum atomic E-state index is -0.968. The monoisotopic (exact) mass is 560 g/mol. The summed E-state index contributed by atoms with van der Waals surface area (Å²) in [7, 11) is 0. The van der Waals surface area contributed by atoms with Crippen LogP contribution in [0.2, 0.25) is 0 Å². The largest absolute Gasteiger partial charge is 0.478 e. The molecule has 0 aliphatic carbocycles. The van der Waals surface area contributed by atoms with E-state index in [0.29, 0.717) is 10.8 Å². The zero-order valence-electron chi connectivity index (χ0n) is 22.6. The molecule has 1 saturated heterocycles. The lowest BCUT2D eigenvalue weighted by Gasteiger charge is -2.28. The first-order valence-corrected chi connectivity index (χ1v) is 13.7. The molecule has 41 heavy (non-hydrogen) atoms. The van der Waals surface area contributed by atoms with Gasteiger partial charge in [-0.15, -0.1) is 0 Å². The third-order valence-corrected chi connectivity index (χ3v) is 7.67. The predicted molar refractivity (Wildman–Crippen MR) is 163 cm³/mol. The Balaban J connectivity index is 1.44. The first-order chi connectivity index (χ1) is 19.9. The molecule has 204 valence electrons. The van der Waals surface area contributed by atoms with Crippen LogP contribution in [0.5, 0.6) is 11.5 Å². The van der Waals surface area contributed by atoms with Gasteiger partial charge < -0.3 is 24.6 Å². The van der Waals surface area contributed by atoms with Crippen LogP contribution in [-0.4, -0.2) is 25.7 Å². The van der Waals surface area contributed by atoms with E-state index in [1.54, 1.807) is 18.3 Å². The number of aromatic nitrogens is 2. The van der Waals surface area contributed by atoms with Gasteiger partial charge in [-0.25, -0.2) is 4.79 Å². The number of rotatable bonds is 7. The lowest BCUT2D eigenvalue weighted by Crippen LogP contribution is -2.29. The number of benzene rings is 3. The topological polar surface area (TPSA) is 79.6 Å². The zero-order valence-corrected chi connectivity index (χ0v) is 23.4. The van der Waals surface area contributed by atoms with Crippen molar-refractivity contribution < 1.29 is 14.6 Å². The van der Waals surface area contributed by atoms with Crippen LogP contribution in [-0.2, 0) is 0 Å². The molecule has 0 spiro atoms. The van der Waals surface area contributed by atoms with Crippen molar-refractivity contribution in [2.75, 3.05) is 4.90 Å². The molecule has 5 aromatic rings. The number of hydrogen-bond donors (Lipinski definition) is 2. The van der Waals surface area contributed by atoms with Gasteiger partial charge in [0.05, 0.1) is 29.0 Å². The molecule has 2 N–H and O–H groups in total. The summed E-state index contributed by atoms with van der Waals surface area (Å²) in [6.45, 7) is 4.01. The third kappa shape index (κ3) is 4.94. The summed E-state index contributed by atoms with van der Waals surface area (Å²) in [5.74, 6) is 0.518. The maximum atomic E-state index is 12.1. The van der Waals surface area contributed by atoms with E-state index >= 15 is 0 Å². The maximum absolute atomic E-state index is 12.1. The van der Waals surface area contributed by atoms with Crippen LogP contribution in [0.1, 0.15) is 45.1 Å². The van der Waals surface area contributed by atoms with E-state index in [1.165, 1.54) is 0 Å². The molecule has 6 rings (SSSR count). The number of thiocarbonyl (C=S) groups is 1. The Bertz CT molecular complexity index is 1720. The number of carboxylic acids is 1. The van der Waals surface area contributed by atoms with Crippen molar-refractivity contribution in [2.24, 2.45) is 0 Å². The fraction of sp³-hybridized carbons (Fsp3) is 0.121. The first kappa shape index (κ1) is 26.3. The Kier molecular flexibility index (Phi) is 6.99. The van der Waals surface area contributed by atoms with Crippen LogP contribution >= 0.6 is 12.2 Å². The second kappa shape index (κ2) is 10.9. The number of nitrogens with zero attached hydrogens (tertiary/aromatic N) is 3. The molecule has 1 fully saturated rings. The molecule has 7 nitrogen and oxygen atoms in total. The Hall–Kier alpha value is -4.95. The molecular weight excluding hydrogens is 532 g/mol. The normalized spacial score (nSPS) is 16.4. The fourth-order valence-electron chi connectivity index (χ4n) is 5.56. The standard InChI is InChI=1S/C33H28N4O3S/c1-21-20-27(22(2)36(21)29-14-7-6-12-26(29)32(38)39)31-30(28-13-8-9-19-34-28)35-33(41)37(31)23-15-17-25(18-16-23)40-24-10-4-3-5-11-24/h3-20,30-31H,1-2H3,(H,35,41)(H,38,39)/t30-,31+/m1/s1. The summed E-state index contributed by atoms with van der Waals surface area (Å²) in [6.07, 6.45) is 1.78. The number of anilines is 1. The quantitative estimate of drug-likeness (QED) is 0.205. The zero-order chi connectivity index (χ0) is 28.5. The van der Waals surface area contributed by atoms with Crippen LogP contribution in [0.25, 0.3) is 5.69 Å². The second-order valence-electron chi connectivity index (χ2n) is 9.89. The molecule has 0 radical (unpaired) electrons. The molecule has 8 heteroatoms. The number of aryl methyl sites for hydroxylation is 1. The summed E-state index contributed by atoms with van der Waals surface area (Å²) in [5, 5.41) is 14.0. The molecule has 2 aromatic heterocycles. The molecule has 1 aliphatic rings. The highest BCUT2D eigenvalue weighted by Gasteiger charge is 2.42. The molecule has 0 unspecified atom stereocenters. The van der Waals surface area contributed by atoms with Crippen molar-refractivity contribution in [3.8, 4) is 17.2 Å².